The number of nitriles is 1. The number of aryl methyl sites for hydroxylation is 2. The number of fused-ring (bicyclic) bond motifs is 3. The first-order chi connectivity index (χ1) is 16.9. The predicted octanol–water partition coefficient (Wildman–Crippen LogP) is 2.76. The van der Waals surface area contributed by atoms with Crippen molar-refractivity contribution >= 4 is 40.2 Å². The van der Waals surface area contributed by atoms with Crippen LogP contribution in [0.5, 0.6) is 0 Å². The Bertz CT molecular complexity index is 1280. The van der Waals surface area contributed by atoms with Gasteiger partial charge in [-0.3, -0.25) is 19.3 Å². The third kappa shape index (κ3) is 4.06. The lowest BCUT2D eigenvalue weighted by atomic mass is 9.92. The Balaban J connectivity index is 1.19. The zero-order chi connectivity index (χ0) is 24.6. The van der Waals surface area contributed by atoms with Gasteiger partial charge in [0.1, 0.15) is 23.2 Å². The molecule has 9 nitrogen and oxygen atoms in total. The van der Waals surface area contributed by atoms with Gasteiger partial charge in [-0.2, -0.15) is 5.26 Å². The molecule has 1 unspecified atom stereocenters. The highest BCUT2D eigenvalue weighted by Gasteiger charge is 2.55. The highest BCUT2D eigenvalue weighted by Crippen LogP contribution is 2.41. The number of carbonyl (C=O) groups is 4. The van der Waals surface area contributed by atoms with Crippen LogP contribution in [0.25, 0.3) is 0 Å². The van der Waals surface area contributed by atoms with Crippen LogP contribution in [0.15, 0.2) is 24.3 Å². The molecule has 180 valence electrons. The van der Waals surface area contributed by atoms with Gasteiger partial charge in [-0.15, -0.1) is 11.3 Å². The number of hydrogen-bond donors (Lipinski definition) is 2. The number of nitrogens with one attached hydrogen (secondary N) is 2. The third-order valence-electron chi connectivity index (χ3n) is 6.86. The predicted molar refractivity (Wildman–Crippen MR) is 127 cm³/mol. The average Bonchev–Trinajstić information content (AvgIpc) is 3.38. The van der Waals surface area contributed by atoms with E-state index in [9.17, 15) is 24.4 Å². The zero-order valence-electron chi connectivity index (χ0n) is 19.0. The first-order valence-electron chi connectivity index (χ1n) is 11.7. The Hall–Kier alpha value is -3.71. The highest BCUT2D eigenvalue weighted by molar-refractivity contribution is 7.16. The molecule has 1 aliphatic heterocycles. The monoisotopic (exact) mass is 492 g/mol. The molecule has 10 heteroatoms. The minimum Gasteiger partial charge on any atom is -0.454 e. The van der Waals surface area contributed by atoms with E-state index >= 15 is 0 Å². The second-order valence-electron chi connectivity index (χ2n) is 8.97. The molecule has 1 aromatic heterocycles. The molecule has 35 heavy (non-hydrogen) atoms. The summed E-state index contributed by atoms with van der Waals surface area (Å²) in [6.45, 7) is -1.16. The van der Waals surface area contributed by atoms with Crippen LogP contribution >= 0.6 is 11.3 Å². The van der Waals surface area contributed by atoms with Crippen molar-refractivity contribution in [2.24, 2.45) is 0 Å². The third-order valence-corrected chi connectivity index (χ3v) is 8.07. The van der Waals surface area contributed by atoms with E-state index in [2.05, 4.69) is 16.7 Å². The molecule has 5 rings (SSSR count). The summed E-state index contributed by atoms with van der Waals surface area (Å²) in [5, 5.41) is 15.5. The molecule has 1 atom stereocenters. The van der Waals surface area contributed by atoms with Crippen LogP contribution < -0.4 is 10.6 Å². The summed E-state index contributed by atoms with van der Waals surface area (Å²) >= 11 is 1.39. The summed E-state index contributed by atoms with van der Waals surface area (Å²) in [5.74, 6) is -1.94. The first-order valence-corrected chi connectivity index (χ1v) is 12.5. The van der Waals surface area contributed by atoms with E-state index in [1.165, 1.54) is 11.3 Å². The number of esters is 1. The number of amides is 4. The maximum atomic E-state index is 13.1. The molecule has 2 N–H and O–H groups in total. The number of imide groups is 1. The number of hydrogen-bond acceptors (Lipinski definition) is 7. The molecule has 0 bridgehead atoms. The molecule has 0 saturated carbocycles. The highest BCUT2D eigenvalue weighted by atomic mass is 32.1. The maximum Gasteiger partial charge on any atom is 0.326 e. The Morgan fingerprint density at radius 3 is 2.80 bits per heavy atom. The van der Waals surface area contributed by atoms with Crippen molar-refractivity contribution in [1.29, 1.82) is 5.26 Å². The number of benzene rings is 1. The van der Waals surface area contributed by atoms with Gasteiger partial charge in [0.05, 0.1) is 5.56 Å². The second-order valence-corrected chi connectivity index (χ2v) is 10.1. The van der Waals surface area contributed by atoms with E-state index in [4.69, 9.17) is 4.74 Å². The molecule has 0 radical (unpaired) electrons. The Labute approximate surface area is 206 Å². The maximum absolute atomic E-state index is 13.1. The van der Waals surface area contributed by atoms with Crippen molar-refractivity contribution < 1.29 is 23.9 Å². The lowest BCUT2D eigenvalue weighted by Gasteiger charge is -2.22. The van der Waals surface area contributed by atoms with Gasteiger partial charge in [0.25, 0.3) is 11.8 Å². The van der Waals surface area contributed by atoms with Crippen molar-refractivity contribution in [1.82, 2.24) is 10.2 Å². The number of thiophene rings is 1. The van der Waals surface area contributed by atoms with E-state index in [1.54, 1.807) is 0 Å². The summed E-state index contributed by atoms with van der Waals surface area (Å²) in [7, 11) is 0. The fraction of sp³-hybridized carbons (Fsp3) is 0.400. The van der Waals surface area contributed by atoms with Crippen molar-refractivity contribution in [3.05, 3.63) is 51.4 Å². The second kappa shape index (κ2) is 9.15. The van der Waals surface area contributed by atoms with Gasteiger partial charge in [0.15, 0.2) is 6.61 Å². The van der Waals surface area contributed by atoms with Gasteiger partial charge >= 0.3 is 12.0 Å². The van der Waals surface area contributed by atoms with E-state index in [0.717, 1.165) is 58.6 Å². The molecule has 1 spiro atoms. The molecule has 2 aliphatic carbocycles. The molecular weight excluding hydrogens is 468 g/mol. The molecular formula is C25H24N4O5S. The van der Waals surface area contributed by atoms with Gasteiger partial charge in [0.2, 0.25) is 0 Å². The van der Waals surface area contributed by atoms with Crippen molar-refractivity contribution in [2.75, 3.05) is 18.5 Å². The van der Waals surface area contributed by atoms with E-state index < -0.39 is 42.5 Å². The van der Waals surface area contributed by atoms with E-state index in [0.29, 0.717) is 23.4 Å². The fourth-order valence-electron chi connectivity index (χ4n) is 5.17. The lowest BCUT2D eigenvalue weighted by molar-refractivity contribution is -0.150. The molecule has 3 aliphatic rings. The van der Waals surface area contributed by atoms with Crippen LogP contribution in [0.1, 0.15) is 52.8 Å². The van der Waals surface area contributed by atoms with Crippen LogP contribution in [0.4, 0.5) is 9.80 Å². The smallest absolute Gasteiger partial charge is 0.326 e. The van der Waals surface area contributed by atoms with Crippen LogP contribution in [0.3, 0.4) is 0 Å². The summed E-state index contributed by atoms with van der Waals surface area (Å²) < 4.78 is 5.05. The summed E-state index contributed by atoms with van der Waals surface area (Å²) in [4.78, 5) is 52.4. The zero-order valence-corrected chi connectivity index (χ0v) is 19.8. The summed E-state index contributed by atoms with van der Waals surface area (Å²) in [6, 6.07) is 8.95. The minimum atomic E-state index is -1.16. The summed E-state index contributed by atoms with van der Waals surface area (Å²) in [5.41, 5.74) is 2.06. The van der Waals surface area contributed by atoms with Crippen LogP contribution in [0, 0.1) is 11.3 Å². The number of nitrogens with zero attached hydrogens (tertiary/aromatic N) is 2. The summed E-state index contributed by atoms with van der Waals surface area (Å²) in [6.07, 6.45) is 5.97. The molecule has 1 fully saturated rings. The Morgan fingerprint density at radius 1 is 1.17 bits per heavy atom. The van der Waals surface area contributed by atoms with E-state index in [1.807, 2.05) is 24.3 Å². The average molecular weight is 493 g/mol. The number of anilines is 1. The number of ether oxygens (including phenoxy) is 1. The molecule has 1 aromatic carbocycles. The topological polar surface area (TPSA) is 129 Å². The SMILES string of the molecule is N#Cc1c(NC(=O)COC(=O)CN2C(=O)NC3(CCc4ccccc43)C2=O)sc2c1CCCCC2. The Kier molecular flexibility index (Phi) is 6.03. The van der Waals surface area contributed by atoms with Gasteiger partial charge < -0.3 is 15.4 Å². The number of rotatable bonds is 5. The quantitative estimate of drug-likeness (QED) is 0.375. The largest absolute Gasteiger partial charge is 0.454 e. The van der Waals surface area contributed by atoms with E-state index in [-0.39, 0.29) is 0 Å². The number of carbonyl (C=O) groups excluding carboxylic acids is 4. The standard InChI is InChI=1S/C25H24N4O5S/c26-12-17-16-7-2-1-3-9-19(16)35-22(17)27-20(30)14-34-21(31)13-29-23(32)25(28-24(29)33)11-10-15-6-4-5-8-18(15)25/h4-6,8H,1-3,7,9-11,13-14H2,(H,27,30)(H,28,33). The van der Waals surface area contributed by atoms with Gasteiger partial charge in [0, 0.05) is 4.88 Å². The molecule has 2 heterocycles. The lowest BCUT2D eigenvalue weighted by Crippen LogP contribution is -2.42. The Morgan fingerprint density at radius 2 is 1.97 bits per heavy atom. The van der Waals surface area contributed by atoms with Gasteiger partial charge in [-0.25, -0.2) is 4.79 Å². The van der Waals surface area contributed by atoms with Crippen molar-refractivity contribution in [3.63, 3.8) is 0 Å². The minimum absolute atomic E-state index is 0.427. The van der Waals surface area contributed by atoms with Gasteiger partial charge in [-0.05, 0) is 55.2 Å². The van der Waals surface area contributed by atoms with Crippen LogP contribution in [-0.2, 0) is 43.9 Å². The molecule has 2 aromatic rings. The van der Waals surface area contributed by atoms with Crippen molar-refractivity contribution in [3.8, 4) is 6.07 Å². The van der Waals surface area contributed by atoms with Crippen LogP contribution in [0.2, 0.25) is 0 Å². The normalized spacial score (nSPS) is 20.6. The fourth-order valence-corrected chi connectivity index (χ4v) is 6.42. The first kappa shape index (κ1) is 23.1. The molecule has 4 amide bonds. The molecule has 1 saturated heterocycles. The van der Waals surface area contributed by atoms with Crippen LogP contribution in [-0.4, -0.2) is 41.9 Å². The van der Waals surface area contributed by atoms with Gasteiger partial charge in [-0.1, -0.05) is 30.7 Å². The number of urea groups is 1. The van der Waals surface area contributed by atoms with Crippen molar-refractivity contribution in [2.45, 2.75) is 50.5 Å².